The second-order valence-corrected chi connectivity index (χ2v) is 17.7. The van der Waals surface area contributed by atoms with Crippen LogP contribution in [0.2, 0.25) is 0 Å². The summed E-state index contributed by atoms with van der Waals surface area (Å²) in [5.41, 5.74) is 6.87. The molecule has 0 aliphatic heterocycles. The molecule has 0 aromatic carbocycles. The highest BCUT2D eigenvalue weighted by Crippen LogP contribution is 2.56. The molecule has 0 amide bonds. The van der Waals surface area contributed by atoms with Crippen molar-refractivity contribution in [3.8, 4) is 0 Å². The van der Waals surface area contributed by atoms with Crippen molar-refractivity contribution in [2.24, 2.45) is 45.3 Å². The third kappa shape index (κ3) is 16.4. The van der Waals surface area contributed by atoms with E-state index in [4.69, 9.17) is 0 Å². The quantitative estimate of drug-likeness (QED) is 0.122. The van der Waals surface area contributed by atoms with Crippen LogP contribution >= 0.6 is 0 Å². The molecule has 0 bridgehead atoms. The predicted octanol–water partition coefficient (Wildman–Crippen LogP) is 11.8. The number of aldehydes is 4. The zero-order valence-electron chi connectivity index (χ0n) is 33.0. The highest BCUT2D eigenvalue weighted by atomic mass is 16.1. The van der Waals surface area contributed by atoms with Crippen LogP contribution in [0.5, 0.6) is 0 Å². The van der Waals surface area contributed by atoms with Gasteiger partial charge in [0, 0.05) is 23.7 Å². The largest absolute Gasteiger partial charge is 0.303 e. The summed E-state index contributed by atoms with van der Waals surface area (Å²) >= 11 is 0. The highest BCUT2D eigenvalue weighted by molar-refractivity contribution is 5.61. The first-order valence-corrected chi connectivity index (χ1v) is 18.7. The molecule has 4 fully saturated rings. The average Bonchev–Trinajstić information content (AvgIpc) is 3.93. The van der Waals surface area contributed by atoms with Gasteiger partial charge in [-0.2, -0.15) is 0 Å². The maximum absolute atomic E-state index is 10.5. The Morgan fingerprint density at radius 1 is 0.396 bits per heavy atom. The molecular weight excluding hydrogens is 592 g/mol. The Hall–Kier alpha value is -2.36. The Labute approximate surface area is 295 Å². The monoisotopic (exact) mass is 665 g/mol. The summed E-state index contributed by atoms with van der Waals surface area (Å²) in [6, 6.07) is 0. The Morgan fingerprint density at radius 3 is 0.667 bits per heavy atom. The number of allylic oxidation sites excluding steroid dienone is 8. The van der Waals surface area contributed by atoms with E-state index in [0.29, 0.717) is 45.3 Å². The molecule has 0 N–H and O–H groups in total. The van der Waals surface area contributed by atoms with Gasteiger partial charge in [-0.3, -0.25) is 0 Å². The number of carbonyl (C=O) groups excluding carboxylic acids is 4. The topological polar surface area (TPSA) is 68.3 Å². The number of rotatable bonds is 16. The van der Waals surface area contributed by atoms with Crippen molar-refractivity contribution < 1.29 is 19.2 Å². The minimum absolute atomic E-state index is 0.341. The lowest BCUT2D eigenvalue weighted by Crippen LogP contribution is -1.97. The molecular formula is C44H72O4. The molecule has 0 unspecified atom stereocenters. The van der Waals surface area contributed by atoms with Gasteiger partial charge in [0.2, 0.25) is 0 Å². The molecule has 4 aliphatic rings. The maximum atomic E-state index is 10.5. The Kier molecular flexibility index (Phi) is 17.9. The van der Waals surface area contributed by atoms with Crippen LogP contribution in [0.15, 0.2) is 46.6 Å². The molecule has 4 heteroatoms. The number of carbonyl (C=O) groups is 4. The maximum Gasteiger partial charge on any atom is 0.123 e. The van der Waals surface area contributed by atoms with Crippen molar-refractivity contribution in [2.75, 3.05) is 0 Å². The lowest BCUT2D eigenvalue weighted by atomic mass is 9.99. The van der Waals surface area contributed by atoms with Gasteiger partial charge >= 0.3 is 0 Å². The predicted molar refractivity (Wildman–Crippen MR) is 204 cm³/mol. The van der Waals surface area contributed by atoms with Crippen molar-refractivity contribution in [1.82, 2.24) is 0 Å². The minimum atomic E-state index is 0.341. The van der Waals surface area contributed by atoms with Crippen LogP contribution in [0.4, 0.5) is 0 Å². The van der Waals surface area contributed by atoms with Crippen molar-refractivity contribution in [3.63, 3.8) is 0 Å². The van der Waals surface area contributed by atoms with Crippen molar-refractivity contribution in [1.29, 1.82) is 0 Å². The molecule has 8 atom stereocenters. The van der Waals surface area contributed by atoms with Gasteiger partial charge in [-0.25, -0.2) is 0 Å². The summed E-state index contributed by atoms with van der Waals surface area (Å²) in [6.07, 6.45) is 27.1. The summed E-state index contributed by atoms with van der Waals surface area (Å²) < 4.78 is 0. The van der Waals surface area contributed by atoms with Crippen molar-refractivity contribution in [2.45, 2.75) is 160 Å². The van der Waals surface area contributed by atoms with Gasteiger partial charge in [0.05, 0.1) is 0 Å². The summed E-state index contributed by atoms with van der Waals surface area (Å²) in [7, 11) is 0. The molecule has 272 valence electrons. The van der Waals surface area contributed by atoms with Gasteiger partial charge in [0.25, 0.3) is 0 Å². The van der Waals surface area contributed by atoms with Crippen LogP contribution in [0.3, 0.4) is 0 Å². The van der Waals surface area contributed by atoms with E-state index in [1.54, 1.807) is 0 Å². The van der Waals surface area contributed by atoms with Gasteiger partial charge in [-0.05, 0) is 154 Å². The average molecular weight is 665 g/mol. The van der Waals surface area contributed by atoms with Crippen LogP contribution in [-0.4, -0.2) is 25.1 Å². The zero-order chi connectivity index (χ0) is 36.8. The summed E-state index contributed by atoms with van der Waals surface area (Å²) in [4.78, 5) is 41.9. The first kappa shape index (κ1) is 43.7. The standard InChI is InChI=1S/4C11H18O/c4*1-9(2)5-4-6-11(3)7-10(11)8-12/h4*5,8,10H,4,6-7H2,1-3H3/t2*10-,11+;2*10-,11-/m1010/s1. The molecule has 4 rings (SSSR count). The molecule has 0 aromatic rings. The first-order chi connectivity index (χ1) is 22.3. The molecule has 4 saturated carbocycles. The molecule has 48 heavy (non-hydrogen) atoms. The second-order valence-electron chi connectivity index (χ2n) is 17.7. The Morgan fingerprint density at radius 2 is 0.562 bits per heavy atom. The molecule has 0 spiro atoms. The zero-order valence-corrected chi connectivity index (χ0v) is 33.0. The van der Waals surface area contributed by atoms with E-state index in [1.807, 2.05) is 0 Å². The third-order valence-corrected chi connectivity index (χ3v) is 11.4. The smallest absolute Gasteiger partial charge is 0.123 e. The van der Waals surface area contributed by atoms with E-state index in [1.165, 1.54) is 48.0 Å². The van der Waals surface area contributed by atoms with Crippen molar-refractivity contribution in [3.05, 3.63) is 46.6 Å². The highest BCUT2D eigenvalue weighted by Gasteiger charge is 2.50. The number of hydrogen-bond acceptors (Lipinski definition) is 4. The van der Waals surface area contributed by atoms with Crippen LogP contribution in [-0.2, 0) is 19.2 Å². The molecule has 0 saturated heterocycles. The van der Waals surface area contributed by atoms with Gasteiger partial charge < -0.3 is 19.2 Å². The fourth-order valence-corrected chi connectivity index (χ4v) is 6.54. The van der Waals surface area contributed by atoms with Gasteiger partial charge in [-0.15, -0.1) is 0 Å². The first-order valence-electron chi connectivity index (χ1n) is 18.7. The van der Waals surface area contributed by atoms with Crippen LogP contribution in [0.25, 0.3) is 0 Å². The molecule has 0 radical (unpaired) electrons. The summed E-state index contributed by atoms with van der Waals surface area (Å²) in [5, 5.41) is 0. The van der Waals surface area contributed by atoms with Crippen LogP contribution < -0.4 is 0 Å². The van der Waals surface area contributed by atoms with Gasteiger partial charge in [0.1, 0.15) is 25.1 Å². The Balaban J connectivity index is 0.000000320. The lowest BCUT2D eigenvalue weighted by Gasteiger charge is -2.05. The van der Waals surface area contributed by atoms with E-state index < -0.39 is 0 Å². The minimum Gasteiger partial charge on any atom is -0.303 e. The van der Waals surface area contributed by atoms with E-state index in [-0.39, 0.29) is 0 Å². The molecule has 4 nitrogen and oxygen atoms in total. The SMILES string of the molecule is CC(C)=CCC[C@@]1(C)C[C@@H]1C=O.CC(C)=CCC[C@@]1(C)C[C@H]1C=O.CC(C)=CCC[C@]1(C)C[C@@H]1C=O.CC(C)=CCC[C@]1(C)C[C@H]1C=O. The lowest BCUT2D eigenvalue weighted by molar-refractivity contribution is -0.110. The fourth-order valence-electron chi connectivity index (χ4n) is 6.54. The summed E-state index contributed by atoms with van der Waals surface area (Å²) in [6.45, 7) is 25.8. The van der Waals surface area contributed by atoms with E-state index >= 15 is 0 Å². The van der Waals surface area contributed by atoms with Crippen LogP contribution in [0.1, 0.15) is 160 Å². The summed E-state index contributed by atoms with van der Waals surface area (Å²) in [5.74, 6) is 1.40. The van der Waals surface area contributed by atoms with Crippen LogP contribution in [0, 0.1) is 45.3 Å². The van der Waals surface area contributed by atoms with Gasteiger partial charge in [0.15, 0.2) is 0 Å². The van der Waals surface area contributed by atoms with E-state index in [2.05, 4.69) is 107 Å². The number of hydrogen-bond donors (Lipinski definition) is 0. The normalized spacial score (nSPS) is 32.8. The molecule has 0 heterocycles. The van der Waals surface area contributed by atoms with Gasteiger partial charge in [-0.1, -0.05) is 74.3 Å². The molecule has 4 aliphatic carbocycles. The van der Waals surface area contributed by atoms with E-state index in [9.17, 15) is 19.2 Å². The van der Waals surface area contributed by atoms with Crippen molar-refractivity contribution >= 4 is 25.1 Å². The second kappa shape index (κ2) is 19.7. The molecule has 0 aromatic heterocycles. The Bertz CT molecular complexity index is 988. The van der Waals surface area contributed by atoms with E-state index in [0.717, 1.165) is 76.5 Å². The fraction of sp³-hybridized carbons (Fsp3) is 0.727. The third-order valence-electron chi connectivity index (χ3n) is 11.4.